The molecule has 0 saturated carbocycles. The normalized spacial score (nSPS) is 11.5. The molecule has 6 heteroatoms. The van der Waals surface area contributed by atoms with Crippen LogP contribution in [-0.4, -0.2) is 19.5 Å². The van der Waals surface area contributed by atoms with Crippen LogP contribution in [0.25, 0.3) is 83.6 Å². The largest absolute Gasteiger partial charge is 0.456 e. The van der Waals surface area contributed by atoms with Crippen LogP contribution in [-0.2, 0) is 0 Å². The van der Waals surface area contributed by atoms with Crippen molar-refractivity contribution in [3.63, 3.8) is 0 Å². The van der Waals surface area contributed by atoms with Gasteiger partial charge in [0.25, 0.3) is 0 Å². The highest BCUT2D eigenvalue weighted by molar-refractivity contribution is 6.26. The van der Waals surface area contributed by atoms with E-state index in [9.17, 15) is 5.26 Å². The van der Waals surface area contributed by atoms with Gasteiger partial charge in [-0.05, 0) is 48.5 Å². The van der Waals surface area contributed by atoms with E-state index >= 15 is 0 Å². The molecule has 6 nitrogen and oxygen atoms in total. The summed E-state index contributed by atoms with van der Waals surface area (Å²) >= 11 is 0. The molecule has 0 unspecified atom stereocenters. The number of rotatable bonds is 4. The van der Waals surface area contributed by atoms with Crippen molar-refractivity contribution in [2.45, 2.75) is 0 Å². The molecule has 3 heterocycles. The van der Waals surface area contributed by atoms with E-state index in [1.54, 1.807) is 0 Å². The Morgan fingerprint density at radius 1 is 0.543 bits per heavy atom. The van der Waals surface area contributed by atoms with Crippen molar-refractivity contribution >= 4 is 43.7 Å². The lowest BCUT2D eigenvalue weighted by Gasteiger charge is -2.10. The van der Waals surface area contributed by atoms with Crippen LogP contribution in [0.1, 0.15) is 5.56 Å². The number of fused-ring (bicyclic) bond motifs is 7. The molecule has 0 aliphatic rings. The summed E-state index contributed by atoms with van der Waals surface area (Å²) in [5.74, 6) is 1.76. The van der Waals surface area contributed by atoms with E-state index in [0.29, 0.717) is 23.0 Å². The van der Waals surface area contributed by atoms with Gasteiger partial charge in [0.15, 0.2) is 17.5 Å². The van der Waals surface area contributed by atoms with Crippen LogP contribution in [0.3, 0.4) is 0 Å². The average Bonchev–Trinajstić information content (AvgIpc) is 3.68. The van der Waals surface area contributed by atoms with Crippen LogP contribution in [0.15, 0.2) is 144 Å². The molecule has 6 aromatic carbocycles. The van der Waals surface area contributed by atoms with Crippen LogP contribution >= 0.6 is 0 Å². The van der Waals surface area contributed by atoms with Gasteiger partial charge in [0.2, 0.25) is 0 Å². The minimum Gasteiger partial charge on any atom is -0.456 e. The average molecular weight is 590 g/mol. The van der Waals surface area contributed by atoms with E-state index in [1.807, 2.05) is 115 Å². The van der Waals surface area contributed by atoms with Gasteiger partial charge in [-0.25, -0.2) is 15.0 Å². The molecule has 46 heavy (non-hydrogen) atoms. The van der Waals surface area contributed by atoms with Gasteiger partial charge < -0.3 is 8.98 Å². The summed E-state index contributed by atoms with van der Waals surface area (Å²) in [5, 5.41) is 13.7. The molecule has 0 N–H and O–H groups in total. The molecule has 0 aliphatic carbocycles. The first kappa shape index (κ1) is 25.9. The van der Waals surface area contributed by atoms with Crippen molar-refractivity contribution in [3.8, 4) is 45.9 Å². The molecule has 0 radical (unpaired) electrons. The Balaban J connectivity index is 1.42. The zero-order chi connectivity index (χ0) is 30.6. The molecule has 0 saturated heterocycles. The molecule has 3 aromatic heterocycles. The summed E-state index contributed by atoms with van der Waals surface area (Å²) in [6, 6.07) is 48.6. The smallest absolute Gasteiger partial charge is 0.164 e. The predicted octanol–water partition coefficient (Wildman–Crippen LogP) is 9.74. The van der Waals surface area contributed by atoms with Gasteiger partial charge in [-0.2, -0.15) is 5.26 Å². The summed E-state index contributed by atoms with van der Waals surface area (Å²) in [5.41, 5.74) is 7.82. The summed E-state index contributed by atoms with van der Waals surface area (Å²) in [6.07, 6.45) is 0. The second-order valence-corrected chi connectivity index (χ2v) is 11.2. The molecule has 0 spiro atoms. The zero-order valence-electron chi connectivity index (χ0n) is 24.4. The predicted molar refractivity (Wildman–Crippen MR) is 182 cm³/mol. The first-order chi connectivity index (χ1) is 22.8. The molecule has 9 rings (SSSR count). The SMILES string of the molecule is N#Cc1ccc2c(c1)c1ccc3oc4cccc(-c5nc(-c6ccccc6)nc(-c6ccccc6)n5)c4c3c1n2-c1ccccc1. The number of nitriles is 1. The molecular weight excluding hydrogens is 566 g/mol. The lowest BCUT2D eigenvalue weighted by atomic mass is 10.0. The van der Waals surface area contributed by atoms with Crippen molar-refractivity contribution in [2.24, 2.45) is 0 Å². The van der Waals surface area contributed by atoms with E-state index in [-0.39, 0.29) is 0 Å². The fourth-order valence-electron chi connectivity index (χ4n) is 6.44. The van der Waals surface area contributed by atoms with Gasteiger partial charge in [-0.3, -0.25) is 0 Å². The highest BCUT2D eigenvalue weighted by Gasteiger charge is 2.23. The maximum absolute atomic E-state index is 9.75. The quantitative estimate of drug-likeness (QED) is 0.204. The first-order valence-corrected chi connectivity index (χ1v) is 15.0. The van der Waals surface area contributed by atoms with Gasteiger partial charge in [-0.15, -0.1) is 0 Å². The third-order valence-electron chi connectivity index (χ3n) is 8.47. The molecule has 0 amide bonds. The second-order valence-electron chi connectivity index (χ2n) is 11.2. The van der Waals surface area contributed by atoms with Gasteiger partial charge >= 0.3 is 0 Å². The summed E-state index contributed by atoms with van der Waals surface area (Å²) in [6.45, 7) is 0. The van der Waals surface area contributed by atoms with E-state index in [2.05, 4.69) is 34.9 Å². The standard InChI is InChI=1S/C40H23N5O/c41-24-25-19-21-32-31(23-25)29-20-22-34-36(37(29)45(32)28-15-8-3-9-16-28)35-30(17-10-18-33(35)46-34)40-43-38(26-11-4-1-5-12-26)42-39(44-40)27-13-6-2-7-14-27/h1-23H. The topological polar surface area (TPSA) is 80.5 Å². The lowest BCUT2D eigenvalue weighted by Crippen LogP contribution is -2.00. The van der Waals surface area contributed by atoms with Gasteiger partial charge in [0, 0.05) is 38.5 Å². The highest BCUT2D eigenvalue weighted by Crippen LogP contribution is 2.43. The number of benzene rings is 6. The minimum atomic E-state index is 0.562. The Morgan fingerprint density at radius 2 is 1.17 bits per heavy atom. The minimum absolute atomic E-state index is 0.562. The monoisotopic (exact) mass is 589 g/mol. The summed E-state index contributed by atoms with van der Waals surface area (Å²) in [4.78, 5) is 15.0. The Bertz CT molecular complexity index is 2580. The molecule has 0 bridgehead atoms. The second kappa shape index (κ2) is 10.3. The van der Waals surface area contributed by atoms with Crippen LogP contribution in [0.2, 0.25) is 0 Å². The third-order valence-corrected chi connectivity index (χ3v) is 8.47. The fourth-order valence-corrected chi connectivity index (χ4v) is 6.44. The Hall–Kier alpha value is -6.58. The maximum Gasteiger partial charge on any atom is 0.164 e. The Morgan fingerprint density at radius 3 is 1.85 bits per heavy atom. The maximum atomic E-state index is 9.75. The van der Waals surface area contributed by atoms with Gasteiger partial charge in [0.1, 0.15) is 11.2 Å². The van der Waals surface area contributed by atoms with Crippen molar-refractivity contribution in [3.05, 3.63) is 145 Å². The first-order valence-electron chi connectivity index (χ1n) is 15.0. The number of aromatic nitrogens is 4. The summed E-state index contributed by atoms with van der Waals surface area (Å²) in [7, 11) is 0. The van der Waals surface area contributed by atoms with E-state index in [1.165, 1.54) is 0 Å². The van der Waals surface area contributed by atoms with Crippen LogP contribution in [0, 0.1) is 11.3 Å². The van der Waals surface area contributed by atoms with Crippen molar-refractivity contribution in [1.29, 1.82) is 5.26 Å². The van der Waals surface area contributed by atoms with Crippen molar-refractivity contribution in [1.82, 2.24) is 19.5 Å². The summed E-state index contributed by atoms with van der Waals surface area (Å²) < 4.78 is 8.81. The number of hydrogen-bond acceptors (Lipinski definition) is 5. The van der Waals surface area contributed by atoms with E-state index < -0.39 is 0 Å². The van der Waals surface area contributed by atoms with Crippen molar-refractivity contribution in [2.75, 3.05) is 0 Å². The molecule has 0 aliphatic heterocycles. The molecular formula is C40H23N5O. The van der Waals surface area contributed by atoms with E-state index in [0.717, 1.165) is 66.1 Å². The fraction of sp³-hybridized carbons (Fsp3) is 0. The van der Waals surface area contributed by atoms with Gasteiger partial charge in [-0.1, -0.05) is 91.0 Å². The van der Waals surface area contributed by atoms with E-state index in [4.69, 9.17) is 19.4 Å². The van der Waals surface area contributed by atoms with Crippen molar-refractivity contribution < 1.29 is 4.42 Å². The molecule has 9 aromatic rings. The van der Waals surface area contributed by atoms with Gasteiger partial charge in [0.05, 0.1) is 28.1 Å². The Labute approximate surface area is 263 Å². The van der Waals surface area contributed by atoms with Crippen LogP contribution in [0.5, 0.6) is 0 Å². The van der Waals surface area contributed by atoms with Crippen LogP contribution in [0.4, 0.5) is 0 Å². The zero-order valence-corrected chi connectivity index (χ0v) is 24.4. The number of para-hydroxylation sites is 1. The molecule has 0 atom stereocenters. The number of hydrogen-bond donors (Lipinski definition) is 0. The highest BCUT2D eigenvalue weighted by atomic mass is 16.3. The molecule has 214 valence electrons. The number of furan rings is 1. The number of nitrogens with zero attached hydrogens (tertiary/aromatic N) is 5. The van der Waals surface area contributed by atoms with Crippen LogP contribution < -0.4 is 0 Å². The third kappa shape index (κ3) is 4.00. The lowest BCUT2D eigenvalue weighted by molar-refractivity contribution is 0.669. The Kier molecular flexibility index (Phi) is 5.77. The molecule has 0 fully saturated rings.